The summed E-state index contributed by atoms with van der Waals surface area (Å²) in [6, 6.07) is 3.72. The van der Waals surface area contributed by atoms with Gasteiger partial charge in [0, 0.05) is 0 Å². The SMILES string of the molecule is COc1cc(C2COc3nc(N)nc(N)c32)cc(OC)c1OC. The summed E-state index contributed by atoms with van der Waals surface area (Å²) < 4.78 is 21.7. The van der Waals surface area contributed by atoms with Gasteiger partial charge in [-0.15, -0.1) is 0 Å². The van der Waals surface area contributed by atoms with Gasteiger partial charge in [-0.05, 0) is 17.7 Å². The molecule has 2 aromatic rings. The van der Waals surface area contributed by atoms with E-state index in [9.17, 15) is 0 Å². The molecule has 0 saturated heterocycles. The van der Waals surface area contributed by atoms with Gasteiger partial charge in [-0.1, -0.05) is 0 Å². The highest BCUT2D eigenvalue weighted by molar-refractivity contribution is 5.60. The van der Waals surface area contributed by atoms with E-state index in [-0.39, 0.29) is 11.9 Å². The van der Waals surface area contributed by atoms with Crippen LogP contribution >= 0.6 is 0 Å². The third-order valence-corrected chi connectivity index (χ3v) is 3.78. The van der Waals surface area contributed by atoms with Crippen LogP contribution in [-0.2, 0) is 0 Å². The van der Waals surface area contributed by atoms with Gasteiger partial charge in [-0.25, -0.2) is 0 Å². The Morgan fingerprint density at radius 1 is 1.04 bits per heavy atom. The van der Waals surface area contributed by atoms with Crippen molar-refractivity contribution >= 4 is 11.8 Å². The lowest BCUT2D eigenvalue weighted by Crippen LogP contribution is -2.08. The summed E-state index contributed by atoms with van der Waals surface area (Å²) in [7, 11) is 4.69. The number of anilines is 2. The smallest absolute Gasteiger partial charge is 0.225 e. The molecule has 0 bridgehead atoms. The molecule has 0 spiro atoms. The third-order valence-electron chi connectivity index (χ3n) is 3.78. The van der Waals surface area contributed by atoms with Crippen LogP contribution in [0.25, 0.3) is 0 Å². The molecule has 8 nitrogen and oxygen atoms in total. The van der Waals surface area contributed by atoms with E-state index in [4.69, 9.17) is 30.4 Å². The molecule has 0 fully saturated rings. The first-order valence-corrected chi connectivity index (χ1v) is 6.94. The Kier molecular flexibility index (Phi) is 3.73. The van der Waals surface area contributed by atoms with Gasteiger partial charge in [-0.3, -0.25) is 0 Å². The second kappa shape index (κ2) is 5.71. The van der Waals surface area contributed by atoms with E-state index in [2.05, 4.69) is 9.97 Å². The van der Waals surface area contributed by atoms with Crippen LogP contribution in [0.15, 0.2) is 12.1 Å². The topological polar surface area (TPSA) is 115 Å². The zero-order valence-corrected chi connectivity index (χ0v) is 13.1. The summed E-state index contributed by atoms with van der Waals surface area (Å²) in [4.78, 5) is 8.10. The fraction of sp³-hybridized carbons (Fsp3) is 0.333. The summed E-state index contributed by atoms with van der Waals surface area (Å²) in [5, 5.41) is 0. The lowest BCUT2D eigenvalue weighted by atomic mass is 9.93. The summed E-state index contributed by atoms with van der Waals surface area (Å²) >= 11 is 0. The van der Waals surface area contributed by atoms with Crippen LogP contribution in [0.5, 0.6) is 23.1 Å². The highest BCUT2D eigenvalue weighted by Crippen LogP contribution is 2.45. The van der Waals surface area contributed by atoms with Crippen molar-refractivity contribution in [3.63, 3.8) is 0 Å². The number of benzene rings is 1. The lowest BCUT2D eigenvalue weighted by molar-refractivity contribution is 0.319. The molecular weight excluding hydrogens is 300 g/mol. The van der Waals surface area contributed by atoms with Gasteiger partial charge in [0.2, 0.25) is 17.6 Å². The maximum absolute atomic E-state index is 6.00. The zero-order valence-electron chi connectivity index (χ0n) is 13.1. The molecule has 1 aliphatic rings. The Labute approximate surface area is 133 Å². The van der Waals surface area contributed by atoms with Crippen LogP contribution in [0.4, 0.5) is 11.8 Å². The second-order valence-corrected chi connectivity index (χ2v) is 5.01. The van der Waals surface area contributed by atoms with E-state index in [1.165, 1.54) is 0 Å². The summed E-state index contributed by atoms with van der Waals surface area (Å²) in [6.45, 7) is 0.385. The van der Waals surface area contributed by atoms with Crippen LogP contribution in [0, 0.1) is 0 Å². The lowest BCUT2D eigenvalue weighted by Gasteiger charge is -2.17. The van der Waals surface area contributed by atoms with E-state index in [0.717, 1.165) is 5.56 Å². The van der Waals surface area contributed by atoms with E-state index in [1.807, 2.05) is 12.1 Å². The molecule has 4 N–H and O–H groups in total. The van der Waals surface area contributed by atoms with Crippen LogP contribution < -0.4 is 30.4 Å². The number of ether oxygens (including phenoxy) is 4. The summed E-state index contributed by atoms with van der Waals surface area (Å²) in [5.74, 6) is 2.32. The largest absolute Gasteiger partial charge is 0.493 e. The average molecular weight is 318 g/mol. The predicted octanol–water partition coefficient (Wildman–Crippen LogP) is 1.19. The molecular formula is C15H18N4O4. The molecule has 1 aliphatic heterocycles. The van der Waals surface area contributed by atoms with Gasteiger partial charge >= 0.3 is 0 Å². The quantitative estimate of drug-likeness (QED) is 0.864. The van der Waals surface area contributed by atoms with E-state index < -0.39 is 0 Å². The zero-order chi connectivity index (χ0) is 16.6. The molecule has 1 aromatic heterocycles. The number of hydrogen-bond donors (Lipinski definition) is 2. The van der Waals surface area contributed by atoms with Gasteiger partial charge in [0.15, 0.2) is 11.5 Å². The number of aromatic nitrogens is 2. The molecule has 1 atom stereocenters. The van der Waals surface area contributed by atoms with Crippen LogP contribution in [0.3, 0.4) is 0 Å². The minimum atomic E-state index is -0.140. The first-order chi connectivity index (χ1) is 11.1. The molecule has 122 valence electrons. The van der Waals surface area contributed by atoms with Gasteiger partial charge < -0.3 is 30.4 Å². The van der Waals surface area contributed by atoms with Crippen LogP contribution in [0.2, 0.25) is 0 Å². The maximum atomic E-state index is 6.00. The number of nitrogens with zero attached hydrogens (tertiary/aromatic N) is 2. The maximum Gasteiger partial charge on any atom is 0.225 e. The third kappa shape index (κ3) is 2.41. The number of rotatable bonds is 4. The predicted molar refractivity (Wildman–Crippen MR) is 84.3 cm³/mol. The molecule has 2 heterocycles. The van der Waals surface area contributed by atoms with Crippen molar-refractivity contribution in [3.8, 4) is 23.1 Å². The molecule has 8 heteroatoms. The minimum absolute atomic E-state index is 0.0896. The Morgan fingerprint density at radius 2 is 1.70 bits per heavy atom. The van der Waals surface area contributed by atoms with Crippen molar-refractivity contribution in [2.24, 2.45) is 0 Å². The van der Waals surface area contributed by atoms with Gasteiger partial charge in [0.05, 0.1) is 32.8 Å². The fourth-order valence-corrected chi connectivity index (χ4v) is 2.73. The monoisotopic (exact) mass is 318 g/mol. The minimum Gasteiger partial charge on any atom is -0.493 e. The Balaban J connectivity index is 2.12. The number of fused-ring (bicyclic) bond motifs is 1. The van der Waals surface area contributed by atoms with Crippen molar-refractivity contribution < 1.29 is 18.9 Å². The molecule has 0 saturated carbocycles. The first-order valence-electron chi connectivity index (χ1n) is 6.94. The Morgan fingerprint density at radius 3 is 2.26 bits per heavy atom. The Bertz CT molecular complexity index is 725. The highest BCUT2D eigenvalue weighted by atomic mass is 16.5. The molecule has 1 unspecified atom stereocenters. The molecule has 3 rings (SSSR count). The molecule has 23 heavy (non-hydrogen) atoms. The standard InChI is InChI=1S/C15H18N4O4/c1-20-9-4-7(5-10(21-2)12(9)22-3)8-6-23-14-11(8)13(16)18-15(17)19-14/h4-5,8H,6H2,1-3H3,(H4,16,17,18,19). The molecule has 1 aromatic carbocycles. The van der Waals surface area contributed by atoms with Gasteiger partial charge in [-0.2, -0.15) is 9.97 Å². The summed E-state index contributed by atoms with van der Waals surface area (Å²) in [6.07, 6.45) is 0. The fourth-order valence-electron chi connectivity index (χ4n) is 2.73. The molecule has 0 aliphatic carbocycles. The molecule has 0 radical (unpaired) electrons. The van der Waals surface area contributed by atoms with Gasteiger partial charge in [0.25, 0.3) is 0 Å². The molecule has 0 amide bonds. The van der Waals surface area contributed by atoms with E-state index >= 15 is 0 Å². The van der Waals surface area contributed by atoms with E-state index in [1.54, 1.807) is 21.3 Å². The number of nitrogens with two attached hydrogens (primary N) is 2. The Hall–Kier alpha value is -2.90. The second-order valence-electron chi connectivity index (χ2n) is 5.01. The van der Waals surface area contributed by atoms with Crippen molar-refractivity contribution in [3.05, 3.63) is 23.3 Å². The van der Waals surface area contributed by atoms with Gasteiger partial charge in [0.1, 0.15) is 12.4 Å². The van der Waals surface area contributed by atoms with Crippen LogP contribution in [0.1, 0.15) is 17.0 Å². The number of nitrogen functional groups attached to an aromatic ring is 2. The van der Waals surface area contributed by atoms with Crippen LogP contribution in [-0.4, -0.2) is 37.9 Å². The average Bonchev–Trinajstić information content (AvgIpc) is 2.97. The van der Waals surface area contributed by atoms with Crippen molar-refractivity contribution in [2.75, 3.05) is 39.4 Å². The summed E-state index contributed by atoms with van der Waals surface area (Å²) in [5.41, 5.74) is 13.2. The van der Waals surface area contributed by atoms with E-state index in [0.29, 0.717) is 41.1 Å². The van der Waals surface area contributed by atoms with Crippen molar-refractivity contribution in [1.82, 2.24) is 9.97 Å². The normalized spacial score (nSPS) is 15.7. The van der Waals surface area contributed by atoms with Crippen molar-refractivity contribution in [2.45, 2.75) is 5.92 Å². The highest BCUT2D eigenvalue weighted by Gasteiger charge is 2.32. The first kappa shape index (κ1) is 15.0. The van der Waals surface area contributed by atoms with Crippen molar-refractivity contribution in [1.29, 1.82) is 0 Å². The number of hydrogen-bond acceptors (Lipinski definition) is 8. The number of methoxy groups -OCH3 is 3.